The smallest absolute Gasteiger partial charge is 0.183 e. The van der Waals surface area contributed by atoms with Crippen molar-refractivity contribution in [3.63, 3.8) is 0 Å². The number of hydrogen-bond acceptors (Lipinski definition) is 3. The van der Waals surface area contributed by atoms with Gasteiger partial charge in [-0.3, -0.25) is 0 Å². The summed E-state index contributed by atoms with van der Waals surface area (Å²) in [5.74, 6) is -1.21. The minimum Gasteiger partial charge on any atom is -0.206 e. The summed E-state index contributed by atoms with van der Waals surface area (Å²) in [4.78, 5) is 0. The Morgan fingerprint density at radius 3 is 2.60 bits per heavy atom. The van der Waals surface area contributed by atoms with Crippen molar-refractivity contribution in [2.24, 2.45) is 0 Å². The molecule has 0 atom stereocenters. The first-order valence-electron chi connectivity index (χ1n) is 4.03. The summed E-state index contributed by atoms with van der Waals surface area (Å²) >= 11 is 4.19. The van der Waals surface area contributed by atoms with Crippen LogP contribution in [0.15, 0.2) is 16.0 Å². The standard InChI is InChI=1S/C9H5BrF2N2S/c1-4-2-3-5(11)6(7(4)12)8-13-14-9(10)15-8/h2-3H,1H3. The van der Waals surface area contributed by atoms with Gasteiger partial charge in [-0.25, -0.2) is 8.78 Å². The summed E-state index contributed by atoms with van der Waals surface area (Å²) in [6.45, 7) is 1.58. The van der Waals surface area contributed by atoms with Crippen molar-refractivity contribution >= 4 is 27.3 Å². The molecule has 2 nitrogen and oxygen atoms in total. The number of rotatable bonds is 1. The SMILES string of the molecule is Cc1ccc(F)c(-c2nnc(Br)s2)c1F. The molecule has 0 aliphatic carbocycles. The van der Waals surface area contributed by atoms with E-state index >= 15 is 0 Å². The van der Waals surface area contributed by atoms with Crippen LogP contribution in [0.25, 0.3) is 10.6 Å². The van der Waals surface area contributed by atoms with Gasteiger partial charge in [0.1, 0.15) is 11.6 Å². The average Bonchev–Trinajstić information content (AvgIpc) is 2.59. The van der Waals surface area contributed by atoms with E-state index in [0.717, 1.165) is 11.3 Å². The normalized spacial score (nSPS) is 10.7. The molecule has 0 bridgehead atoms. The van der Waals surface area contributed by atoms with Gasteiger partial charge in [-0.2, -0.15) is 0 Å². The van der Waals surface area contributed by atoms with Crippen molar-refractivity contribution in [3.8, 4) is 10.6 Å². The minimum absolute atomic E-state index is 0.113. The molecule has 0 aliphatic heterocycles. The fourth-order valence-corrected chi connectivity index (χ4v) is 2.31. The number of nitrogens with zero attached hydrogens (tertiary/aromatic N) is 2. The molecule has 0 saturated heterocycles. The van der Waals surface area contributed by atoms with Gasteiger partial charge >= 0.3 is 0 Å². The average molecular weight is 291 g/mol. The molecule has 1 aromatic heterocycles. The molecular formula is C9H5BrF2N2S. The Bertz CT molecular complexity index is 513. The molecule has 0 aliphatic rings. The summed E-state index contributed by atoms with van der Waals surface area (Å²) in [5.41, 5.74) is 0.274. The van der Waals surface area contributed by atoms with E-state index in [1.165, 1.54) is 12.1 Å². The Morgan fingerprint density at radius 1 is 1.27 bits per heavy atom. The van der Waals surface area contributed by atoms with Gasteiger partial charge in [0.05, 0.1) is 5.56 Å². The van der Waals surface area contributed by atoms with Gasteiger partial charge in [-0.1, -0.05) is 17.4 Å². The first-order valence-corrected chi connectivity index (χ1v) is 5.64. The van der Waals surface area contributed by atoms with Crippen molar-refractivity contribution in [2.75, 3.05) is 0 Å². The Hall–Kier alpha value is -0.880. The van der Waals surface area contributed by atoms with Crippen LogP contribution in [-0.2, 0) is 0 Å². The maximum Gasteiger partial charge on any atom is 0.183 e. The lowest BCUT2D eigenvalue weighted by molar-refractivity contribution is 0.583. The van der Waals surface area contributed by atoms with E-state index in [0.29, 0.717) is 9.48 Å². The molecule has 1 heterocycles. The van der Waals surface area contributed by atoms with E-state index in [1.54, 1.807) is 6.92 Å². The Balaban J connectivity index is 2.66. The molecule has 0 spiro atoms. The number of benzene rings is 1. The first kappa shape index (κ1) is 10.6. The molecule has 1 aromatic carbocycles. The highest BCUT2D eigenvalue weighted by Crippen LogP contribution is 2.31. The fraction of sp³-hybridized carbons (Fsp3) is 0.111. The van der Waals surface area contributed by atoms with Crippen LogP contribution in [-0.4, -0.2) is 10.2 Å². The Morgan fingerprint density at radius 2 is 2.00 bits per heavy atom. The number of hydrogen-bond donors (Lipinski definition) is 0. The lowest BCUT2D eigenvalue weighted by atomic mass is 10.1. The second-order valence-electron chi connectivity index (χ2n) is 2.91. The van der Waals surface area contributed by atoms with E-state index in [1.807, 2.05) is 0 Å². The zero-order valence-corrected chi connectivity index (χ0v) is 9.99. The minimum atomic E-state index is -0.623. The van der Waals surface area contributed by atoms with E-state index in [-0.39, 0.29) is 10.6 Å². The highest BCUT2D eigenvalue weighted by atomic mass is 79.9. The molecule has 0 amide bonds. The summed E-state index contributed by atoms with van der Waals surface area (Å²) in [7, 11) is 0. The van der Waals surface area contributed by atoms with Crippen molar-refractivity contribution in [1.29, 1.82) is 0 Å². The van der Waals surface area contributed by atoms with Gasteiger partial charge in [0.2, 0.25) is 0 Å². The molecule has 0 radical (unpaired) electrons. The molecule has 0 saturated carbocycles. The van der Waals surface area contributed by atoms with Gasteiger partial charge in [-0.05, 0) is 34.5 Å². The van der Waals surface area contributed by atoms with E-state index in [2.05, 4.69) is 26.1 Å². The molecule has 0 N–H and O–H groups in total. The number of aromatic nitrogens is 2. The predicted octanol–water partition coefficient (Wildman–Crippen LogP) is 3.55. The molecule has 0 fully saturated rings. The second-order valence-corrected chi connectivity index (χ2v) is 5.17. The van der Waals surface area contributed by atoms with Crippen LogP contribution in [0, 0.1) is 18.6 Å². The summed E-state index contributed by atoms with van der Waals surface area (Å²) in [6.07, 6.45) is 0. The van der Waals surface area contributed by atoms with Gasteiger partial charge in [0, 0.05) is 0 Å². The Kier molecular flexibility index (Phi) is 2.79. The quantitative estimate of drug-likeness (QED) is 0.803. The third-order valence-corrected chi connectivity index (χ3v) is 3.27. The molecule has 2 rings (SSSR count). The fourth-order valence-electron chi connectivity index (χ4n) is 1.16. The van der Waals surface area contributed by atoms with Crippen LogP contribution in [0.2, 0.25) is 0 Å². The van der Waals surface area contributed by atoms with E-state index in [9.17, 15) is 8.78 Å². The van der Waals surface area contributed by atoms with Crippen LogP contribution < -0.4 is 0 Å². The summed E-state index contributed by atoms with van der Waals surface area (Å²) in [6, 6.07) is 2.62. The number of aryl methyl sites for hydroxylation is 1. The molecular weight excluding hydrogens is 286 g/mol. The van der Waals surface area contributed by atoms with E-state index < -0.39 is 11.6 Å². The van der Waals surface area contributed by atoms with E-state index in [4.69, 9.17) is 0 Å². The maximum absolute atomic E-state index is 13.6. The number of halogens is 3. The highest BCUT2D eigenvalue weighted by Gasteiger charge is 2.17. The second kappa shape index (κ2) is 3.94. The van der Waals surface area contributed by atoms with Crippen LogP contribution in [0.4, 0.5) is 8.78 Å². The van der Waals surface area contributed by atoms with Crippen molar-refractivity contribution in [3.05, 3.63) is 33.2 Å². The molecule has 2 aromatic rings. The Labute approximate surface area is 97.1 Å². The van der Waals surface area contributed by atoms with Crippen LogP contribution in [0.1, 0.15) is 5.56 Å². The van der Waals surface area contributed by atoms with Crippen LogP contribution in [0.5, 0.6) is 0 Å². The van der Waals surface area contributed by atoms with Crippen molar-refractivity contribution in [2.45, 2.75) is 6.92 Å². The summed E-state index contributed by atoms with van der Waals surface area (Å²) < 4.78 is 27.5. The van der Waals surface area contributed by atoms with Gasteiger partial charge in [0.15, 0.2) is 8.92 Å². The van der Waals surface area contributed by atoms with Crippen LogP contribution in [0.3, 0.4) is 0 Å². The van der Waals surface area contributed by atoms with Crippen LogP contribution >= 0.6 is 27.3 Å². The predicted molar refractivity (Wildman–Crippen MR) is 57.7 cm³/mol. The third kappa shape index (κ3) is 1.91. The lowest BCUT2D eigenvalue weighted by Gasteiger charge is -2.02. The molecule has 6 heteroatoms. The van der Waals surface area contributed by atoms with Crippen molar-refractivity contribution < 1.29 is 8.78 Å². The molecule has 0 unspecified atom stereocenters. The van der Waals surface area contributed by atoms with Gasteiger partial charge in [0.25, 0.3) is 0 Å². The topological polar surface area (TPSA) is 25.8 Å². The van der Waals surface area contributed by atoms with Crippen molar-refractivity contribution in [1.82, 2.24) is 10.2 Å². The van der Waals surface area contributed by atoms with Gasteiger partial charge in [-0.15, -0.1) is 10.2 Å². The maximum atomic E-state index is 13.6. The molecule has 78 valence electrons. The summed E-state index contributed by atoms with van der Waals surface area (Å²) in [5, 5.41) is 7.58. The largest absolute Gasteiger partial charge is 0.206 e. The van der Waals surface area contributed by atoms with Gasteiger partial charge < -0.3 is 0 Å². The monoisotopic (exact) mass is 290 g/mol. The zero-order chi connectivity index (χ0) is 11.0. The first-order chi connectivity index (χ1) is 7.09. The molecule has 15 heavy (non-hydrogen) atoms. The zero-order valence-electron chi connectivity index (χ0n) is 7.59. The third-order valence-electron chi connectivity index (χ3n) is 1.90. The lowest BCUT2D eigenvalue weighted by Crippen LogP contribution is -1.92. The highest BCUT2D eigenvalue weighted by molar-refractivity contribution is 9.11.